The molecule has 8 heteroatoms. The van der Waals surface area contributed by atoms with E-state index in [0.29, 0.717) is 25.9 Å². The van der Waals surface area contributed by atoms with E-state index in [1.165, 1.54) is 18.2 Å². The van der Waals surface area contributed by atoms with Crippen molar-refractivity contribution in [3.8, 4) is 0 Å². The molecule has 3 N–H and O–H groups in total. The first-order valence-electron chi connectivity index (χ1n) is 8.03. The third-order valence-electron chi connectivity index (χ3n) is 4.34. The van der Waals surface area contributed by atoms with Crippen molar-refractivity contribution in [3.63, 3.8) is 0 Å². The predicted molar refractivity (Wildman–Crippen MR) is 89.1 cm³/mol. The van der Waals surface area contributed by atoms with Gasteiger partial charge < -0.3 is 10.6 Å². The first-order valence-corrected chi connectivity index (χ1v) is 9.51. The summed E-state index contributed by atoms with van der Waals surface area (Å²) in [4.78, 5) is 13.9. The van der Waals surface area contributed by atoms with Crippen LogP contribution in [0.2, 0.25) is 0 Å². The van der Waals surface area contributed by atoms with Gasteiger partial charge in [0, 0.05) is 25.2 Å². The van der Waals surface area contributed by atoms with Crippen molar-refractivity contribution >= 4 is 15.9 Å². The van der Waals surface area contributed by atoms with Crippen LogP contribution >= 0.6 is 0 Å². The van der Waals surface area contributed by atoms with E-state index >= 15 is 0 Å². The Bertz CT molecular complexity index is 694. The van der Waals surface area contributed by atoms with Crippen molar-refractivity contribution in [2.24, 2.45) is 11.7 Å². The van der Waals surface area contributed by atoms with Crippen LogP contribution in [-0.4, -0.2) is 44.4 Å². The number of carbonyl (C=O) groups excluding carboxylic acids is 1. The molecule has 1 heterocycles. The van der Waals surface area contributed by atoms with Gasteiger partial charge in [-0.1, -0.05) is 13.0 Å². The fourth-order valence-corrected chi connectivity index (χ4v) is 4.00. The molecule has 0 aliphatic carbocycles. The minimum absolute atomic E-state index is 0.0698. The molecule has 1 amide bonds. The number of rotatable bonds is 5. The van der Waals surface area contributed by atoms with Crippen molar-refractivity contribution in [2.75, 3.05) is 13.1 Å². The molecule has 24 heavy (non-hydrogen) atoms. The number of piperidine rings is 1. The van der Waals surface area contributed by atoms with Gasteiger partial charge in [-0.15, -0.1) is 0 Å². The highest BCUT2D eigenvalue weighted by atomic mass is 32.2. The normalized spacial score (nSPS) is 21.3. The molecule has 1 aromatic carbocycles. The Hall–Kier alpha value is -1.51. The van der Waals surface area contributed by atoms with Gasteiger partial charge in [-0.2, -0.15) is 0 Å². The van der Waals surface area contributed by atoms with E-state index in [9.17, 15) is 17.6 Å². The number of nitrogens with one attached hydrogen (secondary N) is 1. The Morgan fingerprint density at radius 1 is 1.42 bits per heavy atom. The Labute approximate surface area is 142 Å². The predicted octanol–water partition coefficient (Wildman–Crippen LogP) is 1.08. The van der Waals surface area contributed by atoms with Crippen molar-refractivity contribution in [2.45, 2.75) is 43.7 Å². The van der Waals surface area contributed by atoms with Crippen molar-refractivity contribution < 1.29 is 17.6 Å². The van der Waals surface area contributed by atoms with E-state index in [0.717, 1.165) is 6.07 Å². The molecule has 6 nitrogen and oxygen atoms in total. The fraction of sp³-hybridized carbons (Fsp3) is 0.562. The molecule has 3 unspecified atom stereocenters. The molecular weight excluding hydrogens is 333 g/mol. The third-order valence-corrected chi connectivity index (χ3v) is 5.86. The number of sulfonamides is 1. The highest BCUT2D eigenvalue weighted by Gasteiger charge is 2.30. The summed E-state index contributed by atoms with van der Waals surface area (Å²) < 4.78 is 40.6. The quantitative estimate of drug-likeness (QED) is 0.825. The van der Waals surface area contributed by atoms with Gasteiger partial charge in [0.25, 0.3) is 0 Å². The molecule has 1 fully saturated rings. The molecule has 134 valence electrons. The second-order valence-corrected chi connectivity index (χ2v) is 8.06. The molecule has 1 aliphatic heterocycles. The summed E-state index contributed by atoms with van der Waals surface area (Å²) in [5, 5.41) is 0. The maximum absolute atomic E-state index is 13.3. The summed E-state index contributed by atoms with van der Waals surface area (Å²) in [7, 11) is -3.82. The number of halogens is 1. The number of amides is 1. The monoisotopic (exact) mass is 357 g/mol. The van der Waals surface area contributed by atoms with E-state index in [-0.39, 0.29) is 22.8 Å². The molecule has 0 saturated carbocycles. The highest BCUT2D eigenvalue weighted by Crippen LogP contribution is 2.17. The lowest BCUT2D eigenvalue weighted by atomic mass is 10.00. The van der Waals surface area contributed by atoms with Crippen LogP contribution in [0.4, 0.5) is 4.39 Å². The molecule has 0 spiro atoms. The lowest BCUT2D eigenvalue weighted by molar-refractivity contribution is -0.136. The lowest BCUT2D eigenvalue weighted by Gasteiger charge is -2.35. The van der Waals surface area contributed by atoms with E-state index in [4.69, 9.17) is 5.73 Å². The minimum Gasteiger partial charge on any atom is -0.341 e. The van der Waals surface area contributed by atoms with Gasteiger partial charge in [-0.3, -0.25) is 4.79 Å². The van der Waals surface area contributed by atoms with Crippen LogP contribution in [-0.2, 0) is 14.8 Å². The van der Waals surface area contributed by atoms with Crippen molar-refractivity contribution in [1.29, 1.82) is 0 Å². The van der Waals surface area contributed by atoms with E-state index < -0.39 is 21.9 Å². The zero-order chi connectivity index (χ0) is 17.9. The number of carbonyl (C=O) groups is 1. The zero-order valence-electron chi connectivity index (χ0n) is 13.9. The summed E-state index contributed by atoms with van der Waals surface area (Å²) in [6.45, 7) is 4.43. The molecule has 0 bridgehead atoms. The van der Waals surface area contributed by atoms with Gasteiger partial charge in [0.05, 0.1) is 10.8 Å². The Morgan fingerprint density at radius 3 is 2.75 bits per heavy atom. The van der Waals surface area contributed by atoms with Gasteiger partial charge in [-0.05, 0) is 38.0 Å². The average molecular weight is 357 g/mol. The van der Waals surface area contributed by atoms with Crippen molar-refractivity contribution in [1.82, 2.24) is 9.62 Å². The largest absolute Gasteiger partial charge is 0.341 e. The number of nitrogens with two attached hydrogens (primary N) is 1. The molecule has 0 aromatic heterocycles. The summed E-state index contributed by atoms with van der Waals surface area (Å²) in [5.41, 5.74) is 5.78. The van der Waals surface area contributed by atoms with E-state index in [1.54, 1.807) is 18.7 Å². The van der Waals surface area contributed by atoms with Crippen LogP contribution in [0.1, 0.15) is 26.7 Å². The van der Waals surface area contributed by atoms with Gasteiger partial charge in [0.1, 0.15) is 5.82 Å². The number of hydrogen-bond acceptors (Lipinski definition) is 4. The third kappa shape index (κ3) is 4.52. The van der Waals surface area contributed by atoms with Crippen LogP contribution in [0.15, 0.2) is 29.2 Å². The average Bonchev–Trinajstić information content (AvgIpc) is 2.53. The van der Waals surface area contributed by atoms with Gasteiger partial charge in [0.2, 0.25) is 15.9 Å². The van der Waals surface area contributed by atoms with Gasteiger partial charge >= 0.3 is 0 Å². The number of likely N-dealkylation sites (tertiary alicyclic amines) is 1. The Kier molecular flexibility index (Phi) is 5.95. The maximum Gasteiger partial charge on any atom is 0.240 e. The minimum atomic E-state index is -3.82. The molecule has 0 radical (unpaired) electrons. The Morgan fingerprint density at radius 2 is 2.12 bits per heavy atom. The van der Waals surface area contributed by atoms with E-state index in [2.05, 4.69) is 4.72 Å². The number of benzene rings is 1. The number of hydrogen-bond donors (Lipinski definition) is 2. The van der Waals surface area contributed by atoms with Gasteiger partial charge in [-0.25, -0.2) is 17.5 Å². The first kappa shape index (κ1) is 18.8. The van der Waals surface area contributed by atoms with Crippen LogP contribution in [0.5, 0.6) is 0 Å². The number of nitrogens with zero attached hydrogens (tertiary/aromatic N) is 1. The molecule has 1 saturated heterocycles. The molecule has 1 aromatic rings. The molecular formula is C16H24FN3O3S. The standard InChI is InChI=1S/C16H24FN3O3S/c1-11(12(2)18)16(21)20-8-4-6-14(10-20)19-24(22,23)15-7-3-5-13(17)9-15/h3,5,7,9,11-12,14,19H,4,6,8,10,18H2,1-2H3. The van der Waals surface area contributed by atoms with E-state index in [1.807, 2.05) is 0 Å². The summed E-state index contributed by atoms with van der Waals surface area (Å²) in [5.74, 6) is -0.993. The van der Waals surface area contributed by atoms with Crippen LogP contribution in [0.25, 0.3) is 0 Å². The molecule has 2 rings (SSSR count). The SMILES string of the molecule is CC(N)C(C)C(=O)N1CCCC(NS(=O)(=O)c2cccc(F)c2)C1. The molecule has 1 aliphatic rings. The summed E-state index contributed by atoms with van der Waals surface area (Å²) in [6.07, 6.45) is 1.33. The second kappa shape index (κ2) is 7.58. The van der Waals surface area contributed by atoms with Crippen molar-refractivity contribution in [3.05, 3.63) is 30.1 Å². The van der Waals surface area contributed by atoms with Crippen LogP contribution in [0, 0.1) is 11.7 Å². The highest BCUT2D eigenvalue weighted by molar-refractivity contribution is 7.89. The summed E-state index contributed by atoms with van der Waals surface area (Å²) >= 11 is 0. The molecule has 3 atom stereocenters. The maximum atomic E-state index is 13.3. The van der Waals surface area contributed by atoms with Gasteiger partial charge in [0.15, 0.2) is 0 Å². The van der Waals surface area contributed by atoms with Crippen LogP contribution in [0.3, 0.4) is 0 Å². The first-order chi connectivity index (χ1) is 11.2. The fourth-order valence-electron chi connectivity index (χ4n) is 2.71. The lowest BCUT2D eigenvalue weighted by Crippen LogP contribution is -2.52. The smallest absolute Gasteiger partial charge is 0.240 e. The van der Waals surface area contributed by atoms with Crippen LogP contribution < -0.4 is 10.5 Å². The summed E-state index contributed by atoms with van der Waals surface area (Å²) in [6, 6.07) is 4.21. The topological polar surface area (TPSA) is 92.5 Å². The zero-order valence-corrected chi connectivity index (χ0v) is 14.7. The second-order valence-electron chi connectivity index (χ2n) is 6.35. The Balaban J connectivity index is 2.06.